The minimum absolute atomic E-state index is 0.165. The fourth-order valence-electron chi connectivity index (χ4n) is 6.07. The monoisotopic (exact) mass is 509 g/mol. The van der Waals surface area contributed by atoms with E-state index in [4.69, 9.17) is 10.5 Å². The summed E-state index contributed by atoms with van der Waals surface area (Å²) in [7, 11) is 2.28. The maximum Gasteiger partial charge on any atom is 0.151 e. The SMILES string of the molecule is CC[B]c1ccc(C2=C(c3ccc(OC4CCN(CCCF)C4)cc3)c3ccc(N)cc3CCC2)c(C)c1. The first-order chi connectivity index (χ1) is 18.6. The number of ether oxygens (including phenoxy) is 1. The minimum atomic E-state index is -0.252. The fraction of sp³-hybridized carbons (Fsp3) is 0.394. The van der Waals surface area contributed by atoms with Gasteiger partial charge in [-0.25, -0.2) is 0 Å². The van der Waals surface area contributed by atoms with Gasteiger partial charge in [0.1, 0.15) is 11.9 Å². The second-order valence-electron chi connectivity index (χ2n) is 10.7. The number of hydrogen-bond acceptors (Lipinski definition) is 3. The molecule has 3 aromatic carbocycles. The Bertz CT molecular complexity index is 1290. The number of nitrogen functional groups attached to an aromatic ring is 1. The van der Waals surface area contributed by atoms with Crippen LogP contribution in [-0.4, -0.2) is 44.6 Å². The van der Waals surface area contributed by atoms with Crippen molar-refractivity contribution in [2.45, 2.75) is 58.4 Å². The van der Waals surface area contributed by atoms with Crippen LogP contribution in [0.4, 0.5) is 10.1 Å². The molecule has 0 aromatic heterocycles. The highest BCUT2D eigenvalue weighted by atomic mass is 19.1. The predicted octanol–water partition coefficient (Wildman–Crippen LogP) is 6.45. The Balaban J connectivity index is 1.49. The molecule has 0 saturated carbocycles. The van der Waals surface area contributed by atoms with E-state index in [2.05, 4.69) is 80.6 Å². The molecule has 1 fully saturated rings. The fourth-order valence-corrected chi connectivity index (χ4v) is 6.07. The van der Waals surface area contributed by atoms with E-state index in [1.54, 1.807) is 0 Å². The smallest absolute Gasteiger partial charge is 0.151 e. The highest BCUT2D eigenvalue weighted by molar-refractivity contribution is 6.53. The number of allylic oxidation sites excluding steroid dienone is 1. The zero-order valence-corrected chi connectivity index (χ0v) is 22.8. The molecule has 3 nitrogen and oxygen atoms in total. The number of alkyl halides is 1. The Morgan fingerprint density at radius 3 is 2.61 bits per heavy atom. The molecule has 3 aromatic rings. The second-order valence-corrected chi connectivity index (χ2v) is 10.7. The van der Waals surface area contributed by atoms with Gasteiger partial charge in [0.05, 0.1) is 6.67 Å². The van der Waals surface area contributed by atoms with E-state index < -0.39 is 0 Å². The van der Waals surface area contributed by atoms with Gasteiger partial charge in [0.25, 0.3) is 0 Å². The number of rotatable bonds is 9. The van der Waals surface area contributed by atoms with Gasteiger partial charge < -0.3 is 10.5 Å². The summed E-state index contributed by atoms with van der Waals surface area (Å²) in [6.45, 7) is 6.83. The minimum Gasteiger partial charge on any atom is -0.489 e. The van der Waals surface area contributed by atoms with Crippen LogP contribution in [0.5, 0.6) is 5.75 Å². The topological polar surface area (TPSA) is 38.5 Å². The number of nitrogens with two attached hydrogens (primary N) is 1. The third kappa shape index (κ3) is 5.99. The van der Waals surface area contributed by atoms with E-state index in [1.807, 2.05) is 6.07 Å². The van der Waals surface area contributed by atoms with E-state index in [-0.39, 0.29) is 12.8 Å². The molecule has 38 heavy (non-hydrogen) atoms. The molecular weight excluding hydrogens is 470 g/mol. The first-order valence-electron chi connectivity index (χ1n) is 14.2. The van der Waals surface area contributed by atoms with Gasteiger partial charge >= 0.3 is 0 Å². The van der Waals surface area contributed by atoms with Gasteiger partial charge in [-0.05, 0) is 102 Å². The first kappa shape index (κ1) is 26.6. The van der Waals surface area contributed by atoms with Crippen LogP contribution in [0.25, 0.3) is 11.1 Å². The van der Waals surface area contributed by atoms with E-state index in [0.29, 0.717) is 6.42 Å². The van der Waals surface area contributed by atoms with E-state index in [1.165, 1.54) is 44.4 Å². The molecule has 0 amide bonds. The number of likely N-dealkylation sites (tertiary alicyclic amines) is 1. The molecule has 5 rings (SSSR count). The maximum absolute atomic E-state index is 12.6. The lowest BCUT2D eigenvalue weighted by Gasteiger charge is -2.20. The predicted molar refractivity (Wildman–Crippen MR) is 159 cm³/mol. The Labute approximate surface area is 228 Å². The molecule has 1 aliphatic carbocycles. The third-order valence-electron chi connectivity index (χ3n) is 7.87. The zero-order chi connectivity index (χ0) is 26.5. The summed E-state index contributed by atoms with van der Waals surface area (Å²) >= 11 is 0. The van der Waals surface area contributed by atoms with Gasteiger partial charge in [-0.3, -0.25) is 9.29 Å². The average molecular weight is 509 g/mol. The van der Waals surface area contributed by atoms with Gasteiger partial charge in [0.2, 0.25) is 0 Å². The standard InChI is InChI=1S/C33H39BFN2O/c1-3-34-26-10-14-30(23(2)20-26)32-7-4-6-25-21-27(36)11-15-31(25)33(32)24-8-12-28(13-9-24)38-29-16-19-37(22-29)18-5-17-35/h8-15,20-21,29H,3-7,16-19,22,36H2,1-2H3. The summed E-state index contributed by atoms with van der Waals surface area (Å²) in [6, 6.07) is 21.9. The van der Waals surface area contributed by atoms with Crippen LogP contribution in [0.15, 0.2) is 60.7 Å². The van der Waals surface area contributed by atoms with Crippen molar-refractivity contribution >= 4 is 29.6 Å². The van der Waals surface area contributed by atoms with Crippen LogP contribution in [0.2, 0.25) is 6.32 Å². The van der Waals surface area contributed by atoms with Crippen LogP contribution in [0.3, 0.4) is 0 Å². The normalized spacial score (nSPS) is 17.8. The molecular formula is C33H39BFN2O. The largest absolute Gasteiger partial charge is 0.489 e. The molecule has 5 heteroatoms. The molecule has 1 radical (unpaired) electrons. The van der Waals surface area contributed by atoms with Crippen molar-refractivity contribution in [2.75, 3.05) is 32.0 Å². The highest BCUT2D eigenvalue weighted by Gasteiger charge is 2.24. The van der Waals surface area contributed by atoms with Crippen LogP contribution in [0.1, 0.15) is 60.4 Å². The molecule has 0 bridgehead atoms. The van der Waals surface area contributed by atoms with Crippen molar-refractivity contribution in [3.63, 3.8) is 0 Å². The average Bonchev–Trinajstić information content (AvgIpc) is 3.27. The second kappa shape index (κ2) is 12.2. The molecule has 1 aliphatic heterocycles. The number of aryl methyl sites for hydroxylation is 2. The summed E-state index contributed by atoms with van der Waals surface area (Å²) < 4.78 is 18.9. The number of nitrogens with zero attached hydrogens (tertiary/aromatic N) is 1. The number of benzene rings is 3. The quantitative estimate of drug-likeness (QED) is 0.266. The summed E-state index contributed by atoms with van der Waals surface area (Å²) in [6.07, 6.45) is 5.93. The Morgan fingerprint density at radius 1 is 1.03 bits per heavy atom. The number of anilines is 1. The summed E-state index contributed by atoms with van der Waals surface area (Å²) in [5, 5.41) is 0. The molecule has 197 valence electrons. The molecule has 0 spiro atoms. The lowest BCUT2D eigenvalue weighted by Crippen LogP contribution is -2.26. The van der Waals surface area contributed by atoms with Crippen molar-refractivity contribution in [1.29, 1.82) is 0 Å². The van der Waals surface area contributed by atoms with Crippen LogP contribution < -0.4 is 15.9 Å². The summed E-state index contributed by atoms with van der Waals surface area (Å²) in [5.41, 5.74) is 17.5. The molecule has 1 atom stereocenters. The third-order valence-corrected chi connectivity index (χ3v) is 7.87. The Kier molecular flexibility index (Phi) is 8.53. The lowest BCUT2D eigenvalue weighted by molar-refractivity contribution is 0.198. The van der Waals surface area contributed by atoms with E-state index >= 15 is 0 Å². The van der Waals surface area contributed by atoms with Gasteiger partial charge in [-0.15, -0.1) is 0 Å². The molecule has 2 N–H and O–H groups in total. The Morgan fingerprint density at radius 2 is 1.84 bits per heavy atom. The van der Waals surface area contributed by atoms with Crippen molar-refractivity contribution in [3.8, 4) is 5.75 Å². The molecule has 1 unspecified atom stereocenters. The first-order valence-corrected chi connectivity index (χ1v) is 14.2. The van der Waals surface area contributed by atoms with Gasteiger partial charge in [0, 0.05) is 25.3 Å². The van der Waals surface area contributed by atoms with Crippen LogP contribution in [0, 0.1) is 6.92 Å². The van der Waals surface area contributed by atoms with E-state index in [9.17, 15) is 4.39 Å². The van der Waals surface area contributed by atoms with E-state index in [0.717, 1.165) is 63.1 Å². The highest BCUT2D eigenvalue weighted by Crippen LogP contribution is 2.41. The number of halogens is 1. The van der Waals surface area contributed by atoms with Gasteiger partial charge in [-0.2, -0.15) is 0 Å². The van der Waals surface area contributed by atoms with Crippen LogP contribution >= 0.6 is 0 Å². The lowest BCUT2D eigenvalue weighted by atomic mass is 9.67. The molecule has 1 saturated heterocycles. The number of fused-ring (bicyclic) bond motifs is 1. The van der Waals surface area contributed by atoms with Crippen molar-refractivity contribution in [3.05, 3.63) is 88.5 Å². The summed E-state index contributed by atoms with van der Waals surface area (Å²) in [4.78, 5) is 2.30. The molecule has 1 heterocycles. The zero-order valence-electron chi connectivity index (χ0n) is 22.8. The molecule has 2 aliphatic rings. The van der Waals surface area contributed by atoms with Gasteiger partial charge in [0.15, 0.2) is 7.28 Å². The van der Waals surface area contributed by atoms with Crippen molar-refractivity contribution in [1.82, 2.24) is 4.90 Å². The number of hydrogen-bond donors (Lipinski definition) is 1. The summed E-state index contributed by atoms with van der Waals surface area (Å²) in [5.74, 6) is 0.898. The Hall–Kier alpha value is -3.05. The van der Waals surface area contributed by atoms with Gasteiger partial charge in [-0.1, -0.05) is 55.1 Å². The maximum atomic E-state index is 12.6. The van der Waals surface area contributed by atoms with Crippen LogP contribution in [-0.2, 0) is 6.42 Å². The van der Waals surface area contributed by atoms with Crippen molar-refractivity contribution < 1.29 is 9.13 Å². The van der Waals surface area contributed by atoms with Crippen molar-refractivity contribution in [2.24, 2.45) is 0 Å².